The van der Waals surface area contributed by atoms with Crippen LogP contribution in [0.15, 0.2) is 23.0 Å². The van der Waals surface area contributed by atoms with E-state index in [9.17, 15) is 4.79 Å². The molecule has 15 heavy (non-hydrogen) atoms. The summed E-state index contributed by atoms with van der Waals surface area (Å²) in [4.78, 5) is 13.3. The number of rotatable bonds is 6. The topological polar surface area (TPSA) is 45.5 Å². The van der Waals surface area contributed by atoms with Crippen molar-refractivity contribution in [1.82, 2.24) is 10.2 Å². The third-order valence-corrected chi connectivity index (χ3v) is 2.19. The average molecular weight is 210 g/mol. The van der Waals surface area contributed by atoms with Crippen LogP contribution in [0.4, 0.5) is 0 Å². The number of furan rings is 1. The molecule has 4 heteroatoms. The zero-order chi connectivity index (χ0) is 11.1. The van der Waals surface area contributed by atoms with Gasteiger partial charge in [-0.05, 0) is 12.6 Å². The van der Waals surface area contributed by atoms with Gasteiger partial charge in [0.15, 0.2) is 0 Å². The summed E-state index contributed by atoms with van der Waals surface area (Å²) in [5, 5.41) is 3.13. The van der Waals surface area contributed by atoms with Crippen LogP contribution in [-0.2, 0) is 11.3 Å². The van der Waals surface area contributed by atoms with Gasteiger partial charge in [-0.15, -0.1) is 0 Å². The fraction of sp³-hybridized carbons (Fsp3) is 0.545. The monoisotopic (exact) mass is 210 g/mol. The molecule has 0 aliphatic heterocycles. The third-order valence-electron chi connectivity index (χ3n) is 2.19. The highest BCUT2D eigenvalue weighted by atomic mass is 16.3. The van der Waals surface area contributed by atoms with Crippen LogP contribution in [0.25, 0.3) is 0 Å². The zero-order valence-electron chi connectivity index (χ0n) is 9.32. The van der Waals surface area contributed by atoms with Crippen molar-refractivity contribution in [3.05, 3.63) is 24.2 Å². The smallest absolute Gasteiger partial charge is 0.223 e. The van der Waals surface area contributed by atoms with E-state index in [0.717, 1.165) is 18.7 Å². The minimum atomic E-state index is 0.150. The van der Waals surface area contributed by atoms with Crippen LogP contribution in [0.1, 0.15) is 18.9 Å². The molecule has 1 rings (SSSR count). The van der Waals surface area contributed by atoms with Crippen LogP contribution in [0.3, 0.4) is 0 Å². The van der Waals surface area contributed by atoms with Crippen LogP contribution < -0.4 is 5.32 Å². The molecule has 0 aromatic carbocycles. The van der Waals surface area contributed by atoms with Gasteiger partial charge in [0.05, 0.1) is 12.5 Å². The minimum absolute atomic E-state index is 0.150. The highest BCUT2D eigenvalue weighted by Crippen LogP contribution is 2.04. The lowest BCUT2D eigenvalue weighted by molar-refractivity contribution is -0.130. The second-order valence-electron chi connectivity index (χ2n) is 3.48. The summed E-state index contributed by atoms with van der Waals surface area (Å²) in [5.41, 5.74) is 1.02. The molecule has 0 spiro atoms. The Bertz CT molecular complexity index is 283. The number of nitrogens with zero attached hydrogens (tertiary/aromatic N) is 1. The van der Waals surface area contributed by atoms with E-state index in [1.807, 2.05) is 13.0 Å². The Kier molecular flexibility index (Phi) is 4.90. The molecule has 1 amide bonds. The standard InChI is InChI=1S/C11H18N2O2/c1-3-12-6-4-11(14)13(2)8-10-5-7-15-9-10/h5,7,9,12H,3-4,6,8H2,1-2H3. The van der Waals surface area contributed by atoms with E-state index in [1.165, 1.54) is 0 Å². The summed E-state index contributed by atoms with van der Waals surface area (Å²) in [6, 6.07) is 1.87. The Balaban J connectivity index is 2.27. The number of carbonyl (C=O) groups excluding carboxylic acids is 1. The van der Waals surface area contributed by atoms with Crippen LogP contribution >= 0.6 is 0 Å². The first-order valence-corrected chi connectivity index (χ1v) is 5.19. The molecule has 1 heterocycles. The van der Waals surface area contributed by atoms with E-state index in [-0.39, 0.29) is 5.91 Å². The molecule has 1 N–H and O–H groups in total. The molecule has 0 fully saturated rings. The van der Waals surface area contributed by atoms with Crippen molar-refractivity contribution in [2.24, 2.45) is 0 Å². The van der Waals surface area contributed by atoms with Gasteiger partial charge in [0.2, 0.25) is 5.91 Å². The first kappa shape index (κ1) is 11.8. The molecular formula is C11H18N2O2. The van der Waals surface area contributed by atoms with Crippen molar-refractivity contribution in [2.45, 2.75) is 19.9 Å². The van der Waals surface area contributed by atoms with Crippen molar-refractivity contribution in [3.63, 3.8) is 0 Å². The number of hydrogen-bond acceptors (Lipinski definition) is 3. The maximum Gasteiger partial charge on any atom is 0.223 e. The van der Waals surface area contributed by atoms with Crippen LogP contribution in [-0.4, -0.2) is 30.9 Å². The minimum Gasteiger partial charge on any atom is -0.472 e. The average Bonchev–Trinajstić information content (AvgIpc) is 2.70. The third kappa shape index (κ3) is 4.16. The van der Waals surface area contributed by atoms with E-state index in [2.05, 4.69) is 5.32 Å². The molecule has 0 atom stereocenters. The largest absolute Gasteiger partial charge is 0.472 e. The molecule has 0 saturated carbocycles. The predicted molar refractivity (Wildman–Crippen MR) is 58.3 cm³/mol. The number of amides is 1. The Hall–Kier alpha value is -1.29. The van der Waals surface area contributed by atoms with Gasteiger partial charge in [0, 0.05) is 32.1 Å². The first-order chi connectivity index (χ1) is 7.24. The van der Waals surface area contributed by atoms with Crippen molar-refractivity contribution in [1.29, 1.82) is 0 Å². The Morgan fingerprint density at radius 3 is 3.00 bits per heavy atom. The van der Waals surface area contributed by atoms with Gasteiger partial charge < -0.3 is 14.6 Å². The Morgan fingerprint density at radius 2 is 2.40 bits per heavy atom. The maximum atomic E-state index is 11.6. The van der Waals surface area contributed by atoms with Crippen LogP contribution in [0.5, 0.6) is 0 Å². The lowest BCUT2D eigenvalue weighted by atomic mass is 10.3. The predicted octanol–water partition coefficient (Wildman–Crippen LogP) is 1.24. The van der Waals surface area contributed by atoms with Gasteiger partial charge in [0.1, 0.15) is 0 Å². The van der Waals surface area contributed by atoms with Gasteiger partial charge >= 0.3 is 0 Å². The number of nitrogens with one attached hydrogen (secondary N) is 1. The second kappa shape index (κ2) is 6.24. The first-order valence-electron chi connectivity index (χ1n) is 5.19. The van der Waals surface area contributed by atoms with Crippen molar-refractivity contribution in [3.8, 4) is 0 Å². The van der Waals surface area contributed by atoms with Gasteiger partial charge in [-0.1, -0.05) is 6.92 Å². The van der Waals surface area contributed by atoms with E-state index in [0.29, 0.717) is 13.0 Å². The molecule has 4 nitrogen and oxygen atoms in total. The molecule has 84 valence electrons. The SMILES string of the molecule is CCNCCC(=O)N(C)Cc1ccoc1. The summed E-state index contributed by atoms with van der Waals surface area (Å²) in [6.07, 6.45) is 3.82. The van der Waals surface area contributed by atoms with Gasteiger partial charge in [-0.2, -0.15) is 0 Å². The maximum absolute atomic E-state index is 11.6. The molecule has 0 aliphatic rings. The Labute approximate surface area is 90.3 Å². The number of hydrogen-bond donors (Lipinski definition) is 1. The van der Waals surface area contributed by atoms with Gasteiger partial charge in [-0.3, -0.25) is 4.79 Å². The zero-order valence-corrected chi connectivity index (χ0v) is 9.32. The quantitative estimate of drug-likeness (QED) is 0.718. The van der Waals surface area contributed by atoms with Crippen LogP contribution in [0, 0.1) is 0 Å². The second-order valence-corrected chi connectivity index (χ2v) is 3.48. The van der Waals surface area contributed by atoms with Gasteiger partial charge in [-0.25, -0.2) is 0 Å². The molecule has 1 aromatic heterocycles. The summed E-state index contributed by atoms with van der Waals surface area (Å²) in [6.45, 7) is 4.28. The van der Waals surface area contributed by atoms with E-state index in [4.69, 9.17) is 4.42 Å². The highest BCUT2D eigenvalue weighted by molar-refractivity contribution is 5.76. The van der Waals surface area contributed by atoms with Crippen molar-refractivity contribution in [2.75, 3.05) is 20.1 Å². The summed E-state index contributed by atoms with van der Waals surface area (Å²) >= 11 is 0. The summed E-state index contributed by atoms with van der Waals surface area (Å²) < 4.78 is 4.94. The molecule has 1 aromatic rings. The van der Waals surface area contributed by atoms with E-state index in [1.54, 1.807) is 24.5 Å². The molecule has 0 radical (unpaired) electrons. The lowest BCUT2D eigenvalue weighted by Crippen LogP contribution is -2.29. The van der Waals surface area contributed by atoms with Crippen LogP contribution in [0.2, 0.25) is 0 Å². The number of carbonyl (C=O) groups is 1. The van der Waals surface area contributed by atoms with Crippen molar-refractivity contribution < 1.29 is 9.21 Å². The molecule has 0 unspecified atom stereocenters. The fourth-order valence-electron chi connectivity index (χ4n) is 1.31. The Morgan fingerprint density at radius 1 is 1.60 bits per heavy atom. The fourth-order valence-corrected chi connectivity index (χ4v) is 1.31. The van der Waals surface area contributed by atoms with Gasteiger partial charge in [0.25, 0.3) is 0 Å². The highest BCUT2D eigenvalue weighted by Gasteiger charge is 2.08. The normalized spacial score (nSPS) is 10.3. The lowest BCUT2D eigenvalue weighted by Gasteiger charge is -2.16. The van der Waals surface area contributed by atoms with Crippen molar-refractivity contribution >= 4 is 5.91 Å². The summed E-state index contributed by atoms with van der Waals surface area (Å²) in [7, 11) is 1.81. The molecule has 0 bridgehead atoms. The van der Waals surface area contributed by atoms with E-state index >= 15 is 0 Å². The van der Waals surface area contributed by atoms with E-state index < -0.39 is 0 Å². The summed E-state index contributed by atoms with van der Waals surface area (Å²) in [5.74, 6) is 0.150. The molecular weight excluding hydrogens is 192 g/mol. The molecule has 0 aliphatic carbocycles. The molecule has 0 saturated heterocycles.